The van der Waals surface area contributed by atoms with E-state index in [1.807, 2.05) is 30.3 Å². The van der Waals surface area contributed by atoms with Crippen LogP contribution in [0.2, 0.25) is 0 Å². The summed E-state index contributed by atoms with van der Waals surface area (Å²) in [6.45, 7) is 1.99. The standard InChI is InChI=1S/C25H29BrFNO5/c1-17(8-7-11-25(31-2,32-3)19-13-20(26)15-21(27)14-19)23(29)28-22(16-33-24(28)30)12-18-9-5-4-6-10-18/h4-6,9-10,13-15,17,22H,7-8,11-12,16H2,1-3H3/t17?,22-/m1/s1. The number of halogens is 2. The maximum absolute atomic E-state index is 14.0. The first kappa shape index (κ1) is 25.3. The lowest BCUT2D eigenvalue weighted by atomic mass is 9.95. The SMILES string of the molecule is COC(CCCC(C)C(=O)N1C(=O)OC[C@H]1Cc1ccccc1)(OC)c1cc(F)cc(Br)c1. The van der Waals surface area contributed by atoms with Crippen LogP contribution in [-0.2, 0) is 31.2 Å². The number of carbonyl (C=O) groups is 2. The number of hydrogen-bond donors (Lipinski definition) is 0. The molecule has 2 atom stereocenters. The Morgan fingerprint density at radius 3 is 2.58 bits per heavy atom. The topological polar surface area (TPSA) is 65.1 Å². The smallest absolute Gasteiger partial charge is 0.416 e. The Bertz CT molecular complexity index is 946. The predicted molar refractivity (Wildman–Crippen MR) is 125 cm³/mol. The van der Waals surface area contributed by atoms with E-state index >= 15 is 0 Å². The Morgan fingerprint density at radius 2 is 1.94 bits per heavy atom. The molecule has 8 heteroatoms. The number of cyclic esters (lactones) is 1. The molecule has 1 unspecified atom stereocenters. The van der Waals surface area contributed by atoms with E-state index in [4.69, 9.17) is 14.2 Å². The average molecular weight is 522 g/mol. The first-order valence-electron chi connectivity index (χ1n) is 10.9. The number of hydrogen-bond acceptors (Lipinski definition) is 5. The zero-order valence-electron chi connectivity index (χ0n) is 19.1. The molecule has 0 aromatic heterocycles. The predicted octanol–water partition coefficient (Wildman–Crippen LogP) is 5.43. The van der Waals surface area contributed by atoms with Crippen molar-refractivity contribution in [1.82, 2.24) is 4.90 Å². The lowest BCUT2D eigenvalue weighted by Gasteiger charge is -2.32. The molecule has 0 spiro atoms. The van der Waals surface area contributed by atoms with Crippen molar-refractivity contribution in [2.75, 3.05) is 20.8 Å². The fraction of sp³-hybridized carbons (Fsp3) is 0.440. The second-order valence-electron chi connectivity index (χ2n) is 8.24. The number of rotatable bonds is 10. The van der Waals surface area contributed by atoms with Crippen LogP contribution in [0.15, 0.2) is 53.0 Å². The molecule has 0 aliphatic carbocycles. The van der Waals surface area contributed by atoms with Crippen LogP contribution in [0, 0.1) is 11.7 Å². The molecule has 1 aliphatic rings. The third kappa shape index (κ3) is 5.99. The molecule has 2 aromatic rings. The van der Waals surface area contributed by atoms with Crippen molar-refractivity contribution in [3.8, 4) is 0 Å². The minimum Gasteiger partial charge on any atom is -0.447 e. The molecule has 1 fully saturated rings. The van der Waals surface area contributed by atoms with Crippen LogP contribution in [-0.4, -0.2) is 43.8 Å². The zero-order valence-corrected chi connectivity index (χ0v) is 20.6. The van der Waals surface area contributed by atoms with Crippen molar-refractivity contribution < 1.29 is 28.2 Å². The molecule has 6 nitrogen and oxygen atoms in total. The van der Waals surface area contributed by atoms with Gasteiger partial charge in [-0.05, 0) is 43.0 Å². The quantitative estimate of drug-likeness (QED) is 0.390. The molecule has 1 heterocycles. The van der Waals surface area contributed by atoms with Crippen molar-refractivity contribution in [1.29, 1.82) is 0 Å². The van der Waals surface area contributed by atoms with Gasteiger partial charge in [-0.1, -0.05) is 53.2 Å². The molecule has 2 amide bonds. The van der Waals surface area contributed by atoms with Crippen LogP contribution in [0.1, 0.15) is 37.3 Å². The van der Waals surface area contributed by atoms with E-state index < -0.39 is 23.6 Å². The molecule has 1 aliphatic heterocycles. The van der Waals surface area contributed by atoms with Crippen LogP contribution < -0.4 is 0 Å². The van der Waals surface area contributed by atoms with Gasteiger partial charge in [-0.15, -0.1) is 0 Å². The summed E-state index contributed by atoms with van der Waals surface area (Å²) < 4.78 is 31.0. The van der Waals surface area contributed by atoms with Gasteiger partial charge >= 0.3 is 6.09 Å². The number of carbonyl (C=O) groups excluding carboxylic acids is 2. The second-order valence-corrected chi connectivity index (χ2v) is 9.16. The van der Waals surface area contributed by atoms with E-state index in [9.17, 15) is 14.0 Å². The van der Waals surface area contributed by atoms with E-state index in [0.717, 1.165) is 5.56 Å². The van der Waals surface area contributed by atoms with Crippen LogP contribution in [0.25, 0.3) is 0 Å². The van der Waals surface area contributed by atoms with Gasteiger partial charge in [-0.3, -0.25) is 4.79 Å². The van der Waals surface area contributed by atoms with Gasteiger partial charge in [0.1, 0.15) is 12.4 Å². The summed E-state index contributed by atoms with van der Waals surface area (Å²) in [7, 11) is 3.01. The van der Waals surface area contributed by atoms with E-state index in [2.05, 4.69) is 15.9 Å². The molecule has 0 N–H and O–H groups in total. The number of benzene rings is 2. The Balaban J connectivity index is 1.64. The van der Waals surface area contributed by atoms with Gasteiger partial charge in [0.25, 0.3) is 0 Å². The first-order valence-corrected chi connectivity index (χ1v) is 11.7. The molecule has 0 saturated carbocycles. The van der Waals surface area contributed by atoms with Crippen molar-refractivity contribution in [3.63, 3.8) is 0 Å². The normalized spacial score (nSPS) is 17.2. The van der Waals surface area contributed by atoms with Gasteiger partial charge in [0.2, 0.25) is 5.91 Å². The highest BCUT2D eigenvalue weighted by Gasteiger charge is 2.40. The Hall–Kier alpha value is -2.29. The van der Waals surface area contributed by atoms with Gasteiger partial charge in [0, 0.05) is 36.6 Å². The first-order chi connectivity index (χ1) is 15.8. The van der Waals surface area contributed by atoms with Crippen LogP contribution in [0.3, 0.4) is 0 Å². The number of amides is 2. The summed E-state index contributed by atoms with van der Waals surface area (Å²) in [5, 5.41) is 0. The average Bonchev–Trinajstić information content (AvgIpc) is 3.16. The van der Waals surface area contributed by atoms with Crippen molar-refractivity contribution in [2.24, 2.45) is 5.92 Å². The van der Waals surface area contributed by atoms with Gasteiger partial charge in [-0.2, -0.15) is 0 Å². The zero-order chi connectivity index (χ0) is 24.0. The summed E-state index contributed by atoms with van der Waals surface area (Å²) in [6, 6.07) is 13.9. The highest BCUT2D eigenvalue weighted by Crippen LogP contribution is 2.35. The van der Waals surface area contributed by atoms with Crippen molar-refractivity contribution in [3.05, 3.63) is 69.9 Å². The van der Waals surface area contributed by atoms with Gasteiger partial charge in [-0.25, -0.2) is 14.1 Å². The molecule has 3 rings (SSSR count). The van der Waals surface area contributed by atoms with Crippen molar-refractivity contribution >= 4 is 27.9 Å². The Kier molecular flexibility index (Phi) is 8.62. The molecule has 33 heavy (non-hydrogen) atoms. The minimum absolute atomic E-state index is 0.192. The number of imide groups is 1. The van der Waals surface area contributed by atoms with Crippen LogP contribution in [0.4, 0.5) is 9.18 Å². The molecule has 0 bridgehead atoms. The molecule has 1 saturated heterocycles. The molecule has 0 radical (unpaired) electrons. The molecule has 178 valence electrons. The van der Waals surface area contributed by atoms with Gasteiger partial charge in [0.15, 0.2) is 5.79 Å². The molecular formula is C25H29BrFNO5. The number of methoxy groups -OCH3 is 2. The summed E-state index contributed by atoms with van der Waals surface area (Å²) in [4.78, 5) is 26.7. The van der Waals surface area contributed by atoms with Crippen LogP contribution in [0.5, 0.6) is 0 Å². The molecule has 2 aromatic carbocycles. The summed E-state index contributed by atoms with van der Waals surface area (Å²) in [6.07, 6.45) is 1.43. The summed E-state index contributed by atoms with van der Waals surface area (Å²) in [5.41, 5.74) is 1.59. The molecular weight excluding hydrogens is 493 g/mol. The maximum atomic E-state index is 14.0. The van der Waals surface area contributed by atoms with Crippen molar-refractivity contribution in [2.45, 2.75) is 44.4 Å². The fourth-order valence-electron chi connectivity index (χ4n) is 4.21. The maximum Gasteiger partial charge on any atom is 0.416 e. The highest BCUT2D eigenvalue weighted by atomic mass is 79.9. The van der Waals surface area contributed by atoms with Gasteiger partial charge in [0.05, 0.1) is 6.04 Å². The summed E-state index contributed by atoms with van der Waals surface area (Å²) >= 11 is 3.30. The lowest BCUT2D eigenvalue weighted by molar-refractivity contribution is -0.221. The summed E-state index contributed by atoms with van der Waals surface area (Å²) in [5.74, 6) is -2.21. The van der Waals surface area contributed by atoms with E-state index in [0.29, 0.717) is 35.7 Å². The Morgan fingerprint density at radius 1 is 1.24 bits per heavy atom. The second kappa shape index (κ2) is 11.2. The fourth-order valence-corrected chi connectivity index (χ4v) is 4.68. The van der Waals surface area contributed by atoms with Gasteiger partial charge < -0.3 is 14.2 Å². The lowest BCUT2D eigenvalue weighted by Crippen LogP contribution is -2.43. The number of nitrogens with zero attached hydrogens (tertiary/aromatic N) is 1. The minimum atomic E-state index is -1.14. The Labute approximate surface area is 202 Å². The van der Waals surface area contributed by atoms with E-state index in [1.54, 1.807) is 13.0 Å². The number of ether oxygens (including phenoxy) is 3. The third-order valence-electron chi connectivity index (χ3n) is 6.04. The third-order valence-corrected chi connectivity index (χ3v) is 6.50. The monoisotopic (exact) mass is 521 g/mol. The van der Waals surface area contributed by atoms with E-state index in [1.165, 1.54) is 31.3 Å². The largest absolute Gasteiger partial charge is 0.447 e. The highest BCUT2D eigenvalue weighted by molar-refractivity contribution is 9.10. The van der Waals surface area contributed by atoms with Crippen LogP contribution >= 0.6 is 15.9 Å². The van der Waals surface area contributed by atoms with E-state index in [-0.39, 0.29) is 18.6 Å².